The molecule has 0 bridgehead atoms. The molecule has 0 amide bonds. The van der Waals surface area contributed by atoms with Crippen LogP contribution < -0.4 is 30.3 Å². The summed E-state index contributed by atoms with van der Waals surface area (Å²) in [4.78, 5) is 25.0. The minimum Gasteiger partial charge on any atom is -0.870 e. The summed E-state index contributed by atoms with van der Waals surface area (Å²) in [5.41, 5.74) is 1.16. The smallest absolute Gasteiger partial charge is 0.870 e. The molecular weight excluding hydrogens is 679 g/mol. The molecule has 0 aliphatic rings. The SMILES string of the molecule is COc1cccc(C=NCC[NH2+]C(C)C)c1[O-].COc1cccc(C=NCC[NH2+]C(C)C)c1[O-].O.O.O=[N+]([O-])[O-].O=[N+]([O-])[O-].[Ni+2].[OH3+].[OH3+]. The standard InChI is InChI=1S/2C13H20N2O2.2NO3.Ni.4H2O/c2*1-10(2)15-8-7-14-9-11-5-4-6-12(17-3)13(11)16;2*2-1(3)4;;;;;/h2*4-6,9-10,15-16H,7-8H2,1-3H3;;;;4*1H2/q;;2*-1;+2;;;;/p+2. The van der Waals surface area contributed by atoms with Crippen LogP contribution in [0.3, 0.4) is 0 Å². The van der Waals surface area contributed by atoms with E-state index in [1.807, 2.05) is 0 Å². The van der Waals surface area contributed by atoms with E-state index in [2.05, 4.69) is 48.3 Å². The predicted molar refractivity (Wildman–Crippen MR) is 171 cm³/mol. The molecule has 0 spiro atoms. The first-order valence-electron chi connectivity index (χ1n) is 12.7. The fourth-order valence-electron chi connectivity index (χ4n) is 2.88. The van der Waals surface area contributed by atoms with E-state index in [1.165, 1.54) is 14.2 Å². The van der Waals surface area contributed by atoms with Crippen molar-refractivity contribution in [3.63, 3.8) is 0 Å². The van der Waals surface area contributed by atoms with Gasteiger partial charge in [0.2, 0.25) is 0 Å². The van der Waals surface area contributed by atoms with Gasteiger partial charge >= 0.3 is 16.5 Å². The summed E-state index contributed by atoms with van der Waals surface area (Å²) in [6, 6.07) is 11.6. The molecule has 0 unspecified atom stereocenters. The van der Waals surface area contributed by atoms with Crippen molar-refractivity contribution in [3.05, 3.63) is 78.2 Å². The number of para-hydroxylation sites is 2. The Hall–Kier alpha value is -4.37. The molecule has 2 rings (SSSR count). The molecule has 0 aromatic heterocycles. The van der Waals surface area contributed by atoms with Crippen molar-refractivity contribution in [1.82, 2.24) is 0 Å². The fraction of sp³-hybridized carbons (Fsp3) is 0.462. The number of nitrogens with two attached hydrogens (primary N) is 2. The van der Waals surface area contributed by atoms with Gasteiger partial charge in [-0.2, -0.15) is 0 Å². The zero-order chi connectivity index (χ0) is 32.5. The number of methoxy groups -OCH3 is 2. The minimum atomic E-state index is -1.75. The van der Waals surface area contributed by atoms with Crippen molar-refractivity contribution in [2.24, 2.45) is 9.98 Å². The molecule has 0 saturated carbocycles. The van der Waals surface area contributed by atoms with Gasteiger partial charge in [-0.3, -0.25) is 9.98 Å². The van der Waals surface area contributed by atoms with Gasteiger partial charge in [-0.15, -0.1) is 0 Å². The van der Waals surface area contributed by atoms with Gasteiger partial charge in [-0.05, 0) is 51.0 Å². The Bertz CT molecular complexity index is 1020. The second-order valence-corrected chi connectivity index (χ2v) is 8.81. The third-order valence-electron chi connectivity index (χ3n) is 4.71. The fourth-order valence-corrected chi connectivity index (χ4v) is 2.88. The molecule has 0 radical (unpaired) electrons. The first-order valence-corrected chi connectivity index (χ1v) is 12.7. The Labute approximate surface area is 282 Å². The summed E-state index contributed by atoms with van der Waals surface area (Å²) in [5, 5.41) is 57.4. The van der Waals surface area contributed by atoms with E-state index in [4.69, 9.17) is 40.1 Å². The molecule has 0 saturated heterocycles. The van der Waals surface area contributed by atoms with Gasteiger partial charge in [0.15, 0.2) is 0 Å². The topological polar surface area (TPSA) is 384 Å². The Balaban J connectivity index is -0.000000102. The quantitative estimate of drug-likeness (QED) is 0.0538. The minimum absolute atomic E-state index is 0. The number of hydrogen-bond donors (Lipinski definition) is 2. The van der Waals surface area contributed by atoms with E-state index in [0.29, 0.717) is 34.7 Å². The van der Waals surface area contributed by atoms with E-state index in [9.17, 15) is 10.2 Å². The predicted octanol–water partition coefficient (Wildman–Crippen LogP) is -3.65. The van der Waals surface area contributed by atoms with Crippen LogP contribution in [0.15, 0.2) is 46.4 Å². The van der Waals surface area contributed by atoms with Crippen LogP contribution in [0, 0.1) is 30.6 Å². The molecule has 14 N–H and O–H groups in total. The van der Waals surface area contributed by atoms with Crippen molar-refractivity contribution < 1.29 is 78.9 Å². The van der Waals surface area contributed by atoms with Crippen molar-refractivity contribution >= 4 is 12.4 Å². The van der Waals surface area contributed by atoms with Gasteiger partial charge in [-0.1, -0.05) is 35.8 Å². The van der Waals surface area contributed by atoms with Crippen molar-refractivity contribution in [1.29, 1.82) is 0 Å². The van der Waals surface area contributed by atoms with Gasteiger partial charge in [0.05, 0.1) is 62.7 Å². The zero-order valence-electron chi connectivity index (χ0n) is 27.1. The molecule has 276 valence electrons. The van der Waals surface area contributed by atoms with Crippen LogP contribution in [0.4, 0.5) is 0 Å². The van der Waals surface area contributed by atoms with Crippen LogP contribution in [0.5, 0.6) is 23.0 Å². The van der Waals surface area contributed by atoms with E-state index in [0.717, 1.165) is 26.2 Å². The molecule has 0 aliphatic heterocycles. The molecule has 0 heterocycles. The monoisotopic (exact) mass is 728 g/mol. The van der Waals surface area contributed by atoms with Crippen LogP contribution in [0.1, 0.15) is 38.8 Å². The maximum atomic E-state index is 11.7. The maximum absolute atomic E-state index is 11.7. The largest absolute Gasteiger partial charge is 2.00 e. The average Bonchev–Trinajstić information content (AvgIpc) is 2.89. The first-order chi connectivity index (χ1) is 19.8. The number of quaternary nitrogens is 2. The Kier molecular flexibility index (Phi) is 44.7. The van der Waals surface area contributed by atoms with Crippen LogP contribution >= 0.6 is 0 Å². The van der Waals surface area contributed by atoms with Crippen molar-refractivity contribution in [3.8, 4) is 23.0 Å². The summed E-state index contributed by atoms with van der Waals surface area (Å²) in [6.07, 6.45) is 3.25. The molecule has 47 heavy (non-hydrogen) atoms. The van der Waals surface area contributed by atoms with Crippen LogP contribution in [-0.2, 0) is 27.4 Å². The molecule has 0 aliphatic carbocycles. The van der Waals surface area contributed by atoms with E-state index >= 15 is 0 Å². The van der Waals surface area contributed by atoms with E-state index < -0.39 is 10.2 Å². The number of ether oxygens (including phenoxy) is 2. The van der Waals surface area contributed by atoms with Crippen LogP contribution in [0.25, 0.3) is 0 Å². The Morgan fingerprint density at radius 2 is 0.979 bits per heavy atom. The second-order valence-electron chi connectivity index (χ2n) is 8.81. The molecule has 21 heteroatoms. The van der Waals surface area contributed by atoms with Crippen LogP contribution in [-0.4, -0.2) is 86.0 Å². The molecule has 0 atom stereocenters. The molecule has 2 aromatic carbocycles. The first kappa shape index (κ1) is 58.2. The molecule has 20 nitrogen and oxygen atoms in total. The normalized spacial score (nSPS) is 9.19. The summed E-state index contributed by atoms with van der Waals surface area (Å²) >= 11 is 0. The van der Waals surface area contributed by atoms with Gasteiger partial charge in [0.25, 0.3) is 0 Å². The third kappa shape index (κ3) is 34.4. The van der Waals surface area contributed by atoms with E-state index in [1.54, 1.807) is 48.8 Å². The van der Waals surface area contributed by atoms with Crippen LogP contribution in [0.2, 0.25) is 0 Å². The van der Waals surface area contributed by atoms with Gasteiger partial charge in [-0.25, -0.2) is 0 Å². The number of nitrogens with zero attached hydrogens (tertiary/aromatic N) is 4. The summed E-state index contributed by atoms with van der Waals surface area (Å²) in [5.74, 6) is 0.517. The van der Waals surface area contributed by atoms with E-state index in [-0.39, 0.29) is 49.9 Å². The van der Waals surface area contributed by atoms with Gasteiger partial charge in [0.1, 0.15) is 11.5 Å². The third-order valence-corrected chi connectivity index (χ3v) is 4.71. The van der Waals surface area contributed by atoms with Crippen molar-refractivity contribution in [2.75, 3.05) is 40.4 Å². The Morgan fingerprint density at radius 3 is 1.21 bits per heavy atom. The number of hydrogen-bond acceptors (Lipinski definition) is 12. The zero-order valence-corrected chi connectivity index (χ0v) is 28.1. The number of aliphatic imine (C=N–C) groups is 2. The Morgan fingerprint density at radius 1 is 0.702 bits per heavy atom. The summed E-state index contributed by atoms with van der Waals surface area (Å²) in [6.45, 7) is 11.9. The average molecular weight is 729 g/mol. The molecular formula is C26H50N6NiO14+2. The number of rotatable bonds is 12. The molecule has 0 fully saturated rings. The van der Waals surface area contributed by atoms with Crippen molar-refractivity contribution in [2.45, 2.75) is 39.8 Å². The number of benzene rings is 2. The maximum Gasteiger partial charge on any atom is 2.00 e. The second kappa shape index (κ2) is 36.1. The molecule has 2 aromatic rings. The van der Waals surface area contributed by atoms with Gasteiger partial charge < -0.3 is 82.9 Å². The summed E-state index contributed by atoms with van der Waals surface area (Å²) in [7, 11) is 2.99. The summed E-state index contributed by atoms with van der Waals surface area (Å²) < 4.78 is 9.93. The van der Waals surface area contributed by atoms with Gasteiger partial charge in [0, 0.05) is 12.4 Å².